The maximum atomic E-state index is 12.6. The van der Waals surface area contributed by atoms with Gasteiger partial charge in [0.2, 0.25) is 0 Å². The fourth-order valence-corrected chi connectivity index (χ4v) is 2.35. The second kappa shape index (κ2) is 7.55. The Hall–Kier alpha value is -2.90. The highest BCUT2D eigenvalue weighted by molar-refractivity contribution is 5.77. The first-order valence-corrected chi connectivity index (χ1v) is 7.87. The third-order valence-electron chi connectivity index (χ3n) is 3.63. The lowest BCUT2D eigenvalue weighted by Crippen LogP contribution is -2.42. The van der Waals surface area contributed by atoms with Gasteiger partial charge in [-0.05, 0) is 30.3 Å². The molecule has 3 rings (SSSR count). The normalized spacial score (nSPS) is 16.0. The van der Waals surface area contributed by atoms with Crippen LogP contribution in [-0.2, 0) is 11.0 Å². The lowest BCUT2D eigenvalue weighted by molar-refractivity contribution is -0.137. The van der Waals surface area contributed by atoms with Crippen molar-refractivity contribution in [2.45, 2.75) is 12.3 Å². The number of fused-ring (bicyclic) bond motifs is 1. The zero-order chi connectivity index (χ0) is 18.6. The number of rotatable bonds is 5. The van der Waals surface area contributed by atoms with Crippen LogP contribution in [0.1, 0.15) is 5.56 Å². The number of halogens is 3. The number of carbonyl (C=O) groups excluding carboxylic acids is 1. The second-order valence-electron chi connectivity index (χ2n) is 5.62. The van der Waals surface area contributed by atoms with Crippen molar-refractivity contribution in [1.82, 2.24) is 5.32 Å². The molecule has 1 aliphatic rings. The molecule has 0 bridgehead atoms. The Morgan fingerprint density at radius 2 is 1.92 bits per heavy atom. The molecule has 0 aromatic heterocycles. The molecule has 5 nitrogen and oxygen atoms in total. The lowest BCUT2D eigenvalue weighted by atomic mass is 10.2. The van der Waals surface area contributed by atoms with E-state index in [-0.39, 0.29) is 25.0 Å². The summed E-state index contributed by atoms with van der Waals surface area (Å²) < 4.78 is 54.3. The van der Waals surface area contributed by atoms with Crippen LogP contribution in [0.25, 0.3) is 0 Å². The van der Waals surface area contributed by atoms with E-state index in [2.05, 4.69) is 5.32 Å². The largest absolute Gasteiger partial charge is 0.486 e. The molecule has 8 heteroatoms. The number of alkyl halides is 3. The molecule has 2 aromatic rings. The number of hydrogen-bond donors (Lipinski definition) is 1. The number of nitrogens with one attached hydrogen (secondary N) is 1. The maximum Gasteiger partial charge on any atom is 0.416 e. The molecule has 0 saturated heterocycles. The van der Waals surface area contributed by atoms with E-state index in [0.717, 1.165) is 12.1 Å². The summed E-state index contributed by atoms with van der Waals surface area (Å²) >= 11 is 0. The van der Waals surface area contributed by atoms with Crippen LogP contribution in [0.5, 0.6) is 17.2 Å². The van der Waals surface area contributed by atoms with Gasteiger partial charge in [-0.3, -0.25) is 4.79 Å². The molecule has 1 heterocycles. The smallest absolute Gasteiger partial charge is 0.416 e. The first-order valence-electron chi connectivity index (χ1n) is 7.87. The minimum absolute atomic E-state index is 0.0267. The molecule has 1 N–H and O–H groups in total. The number of ether oxygens (including phenoxy) is 3. The topological polar surface area (TPSA) is 56.8 Å². The molecular formula is C18H16F3NO4. The summed E-state index contributed by atoms with van der Waals surface area (Å²) in [7, 11) is 0. The molecule has 0 spiro atoms. The minimum Gasteiger partial charge on any atom is -0.486 e. The van der Waals surface area contributed by atoms with Crippen LogP contribution in [0, 0.1) is 0 Å². The number of benzene rings is 2. The molecule has 1 atom stereocenters. The Balaban J connectivity index is 1.45. The van der Waals surface area contributed by atoms with Crippen LogP contribution in [0.4, 0.5) is 13.2 Å². The van der Waals surface area contributed by atoms with Crippen molar-refractivity contribution >= 4 is 5.91 Å². The molecule has 0 fully saturated rings. The van der Waals surface area contributed by atoms with Crippen molar-refractivity contribution in [3.05, 3.63) is 54.1 Å². The number of hydrogen-bond acceptors (Lipinski definition) is 4. The molecule has 0 saturated carbocycles. The monoisotopic (exact) mass is 367 g/mol. The van der Waals surface area contributed by atoms with Crippen LogP contribution in [-0.4, -0.2) is 31.8 Å². The Morgan fingerprint density at radius 1 is 1.15 bits per heavy atom. The molecule has 26 heavy (non-hydrogen) atoms. The fraction of sp³-hybridized carbons (Fsp3) is 0.278. The van der Waals surface area contributed by atoms with Gasteiger partial charge >= 0.3 is 6.18 Å². The molecule has 2 aromatic carbocycles. The first-order chi connectivity index (χ1) is 12.4. The van der Waals surface area contributed by atoms with Gasteiger partial charge < -0.3 is 19.5 Å². The summed E-state index contributed by atoms with van der Waals surface area (Å²) in [6, 6.07) is 11.6. The van der Waals surface area contributed by atoms with Crippen molar-refractivity contribution in [2.75, 3.05) is 19.8 Å². The summed E-state index contributed by atoms with van der Waals surface area (Å²) in [5.41, 5.74) is -0.832. The van der Waals surface area contributed by atoms with Crippen molar-refractivity contribution in [3.63, 3.8) is 0 Å². The Labute approximate surface area is 147 Å². The van der Waals surface area contributed by atoms with Gasteiger partial charge in [0.25, 0.3) is 5.91 Å². The van der Waals surface area contributed by atoms with E-state index >= 15 is 0 Å². The fourth-order valence-electron chi connectivity index (χ4n) is 2.35. The Morgan fingerprint density at radius 3 is 2.69 bits per heavy atom. The first kappa shape index (κ1) is 17.9. The minimum atomic E-state index is -4.46. The second-order valence-corrected chi connectivity index (χ2v) is 5.62. The van der Waals surface area contributed by atoms with E-state index in [1.165, 1.54) is 12.1 Å². The SMILES string of the molecule is O=C(COc1cccc(C(F)(F)F)c1)NCC1COc2ccccc2O1. The number of amides is 1. The average molecular weight is 367 g/mol. The van der Waals surface area contributed by atoms with E-state index < -0.39 is 24.3 Å². The highest BCUT2D eigenvalue weighted by Gasteiger charge is 2.30. The molecule has 1 amide bonds. The Kier molecular flexibility index (Phi) is 5.20. The van der Waals surface area contributed by atoms with Gasteiger partial charge in [0, 0.05) is 0 Å². The van der Waals surface area contributed by atoms with E-state index in [1.807, 2.05) is 12.1 Å². The van der Waals surface area contributed by atoms with Crippen molar-refractivity contribution in [1.29, 1.82) is 0 Å². The van der Waals surface area contributed by atoms with Crippen molar-refractivity contribution in [3.8, 4) is 17.2 Å². The highest BCUT2D eigenvalue weighted by atomic mass is 19.4. The summed E-state index contributed by atoms with van der Waals surface area (Å²) in [5, 5.41) is 2.61. The Bertz CT molecular complexity index is 779. The van der Waals surface area contributed by atoms with Gasteiger partial charge in [0.1, 0.15) is 18.5 Å². The molecule has 1 aliphatic heterocycles. The van der Waals surface area contributed by atoms with E-state index in [0.29, 0.717) is 11.5 Å². The van der Waals surface area contributed by atoms with Crippen LogP contribution in [0.15, 0.2) is 48.5 Å². The summed E-state index contributed by atoms with van der Waals surface area (Å²) in [5.74, 6) is 0.743. The predicted octanol–water partition coefficient (Wildman–Crippen LogP) is 3.04. The van der Waals surface area contributed by atoms with Gasteiger partial charge in [0.05, 0.1) is 12.1 Å². The summed E-state index contributed by atoms with van der Waals surface area (Å²) in [6.07, 6.45) is -4.82. The van der Waals surface area contributed by atoms with Crippen LogP contribution in [0.2, 0.25) is 0 Å². The highest BCUT2D eigenvalue weighted by Crippen LogP contribution is 2.31. The van der Waals surface area contributed by atoms with E-state index in [4.69, 9.17) is 14.2 Å². The maximum absolute atomic E-state index is 12.6. The van der Waals surface area contributed by atoms with Gasteiger partial charge in [0.15, 0.2) is 18.1 Å². The van der Waals surface area contributed by atoms with Gasteiger partial charge in [-0.25, -0.2) is 0 Å². The van der Waals surface area contributed by atoms with Crippen LogP contribution >= 0.6 is 0 Å². The zero-order valence-corrected chi connectivity index (χ0v) is 13.6. The molecule has 0 radical (unpaired) electrons. The molecular weight excluding hydrogens is 351 g/mol. The standard InChI is InChI=1S/C18H16F3NO4/c19-18(20,21)12-4-3-5-13(8-12)24-11-17(23)22-9-14-10-25-15-6-1-2-7-16(15)26-14/h1-8,14H,9-11H2,(H,22,23). The quantitative estimate of drug-likeness (QED) is 0.883. The molecule has 138 valence electrons. The predicted molar refractivity (Wildman–Crippen MR) is 86.3 cm³/mol. The number of carbonyl (C=O) groups is 1. The van der Waals surface area contributed by atoms with Gasteiger partial charge in [-0.15, -0.1) is 0 Å². The molecule has 0 aliphatic carbocycles. The van der Waals surface area contributed by atoms with E-state index in [1.54, 1.807) is 12.1 Å². The summed E-state index contributed by atoms with van der Waals surface area (Å²) in [4.78, 5) is 11.8. The third kappa shape index (κ3) is 4.59. The third-order valence-corrected chi connectivity index (χ3v) is 3.63. The van der Waals surface area contributed by atoms with Gasteiger partial charge in [-0.2, -0.15) is 13.2 Å². The van der Waals surface area contributed by atoms with Crippen molar-refractivity contribution < 1.29 is 32.2 Å². The summed E-state index contributed by atoms with van der Waals surface area (Å²) in [6.45, 7) is 0.0797. The lowest BCUT2D eigenvalue weighted by Gasteiger charge is -2.26. The zero-order valence-electron chi connectivity index (χ0n) is 13.6. The molecule has 1 unspecified atom stereocenters. The van der Waals surface area contributed by atoms with Crippen LogP contribution in [0.3, 0.4) is 0 Å². The number of para-hydroxylation sites is 2. The van der Waals surface area contributed by atoms with Crippen LogP contribution < -0.4 is 19.5 Å². The van der Waals surface area contributed by atoms with E-state index in [9.17, 15) is 18.0 Å². The van der Waals surface area contributed by atoms with Crippen molar-refractivity contribution in [2.24, 2.45) is 0 Å². The van der Waals surface area contributed by atoms with Gasteiger partial charge in [-0.1, -0.05) is 18.2 Å². The average Bonchev–Trinajstić information content (AvgIpc) is 2.64.